The first-order valence-electron chi connectivity index (χ1n) is 8.13. The topological polar surface area (TPSA) is 80.2 Å². The van der Waals surface area contributed by atoms with Crippen molar-refractivity contribution >= 4 is 11.6 Å². The van der Waals surface area contributed by atoms with E-state index in [9.17, 15) is 9.90 Å². The smallest absolute Gasteiger partial charge is 0.271 e. The van der Waals surface area contributed by atoms with E-state index in [-0.39, 0.29) is 11.7 Å². The molecule has 0 radical (unpaired) electrons. The van der Waals surface area contributed by atoms with Crippen LogP contribution in [-0.2, 0) is 6.42 Å². The molecule has 2 aromatic carbocycles. The van der Waals surface area contributed by atoms with Crippen LogP contribution in [0.1, 0.15) is 29.3 Å². The molecular formula is C19H20N2O4. The molecule has 1 aliphatic rings. The van der Waals surface area contributed by atoms with Gasteiger partial charge in [-0.25, -0.2) is 5.43 Å². The number of phenolic OH excluding ortho intramolecular Hbond substituents is 1. The maximum absolute atomic E-state index is 12.2. The number of hydrazone groups is 1. The molecule has 0 fully saturated rings. The molecule has 3 rings (SSSR count). The van der Waals surface area contributed by atoms with E-state index in [0.29, 0.717) is 36.7 Å². The van der Waals surface area contributed by atoms with E-state index in [1.54, 1.807) is 30.3 Å². The van der Waals surface area contributed by atoms with Crippen LogP contribution in [0.2, 0.25) is 0 Å². The zero-order valence-corrected chi connectivity index (χ0v) is 14.0. The first-order valence-corrected chi connectivity index (χ1v) is 8.13. The molecule has 0 saturated carbocycles. The Bertz CT molecular complexity index is 785. The van der Waals surface area contributed by atoms with Gasteiger partial charge in [-0.1, -0.05) is 12.1 Å². The maximum Gasteiger partial charge on any atom is 0.271 e. The molecule has 1 amide bonds. The Morgan fingerprint density at radius 3 is 2.60 bits per heavy atom. The standard InChI is InChI=1S/C19H20N2O4/c1-13(2-3-14-4-7-16(22)8-5-14)20-21-19(23)15-6-9-17-18(12-15)25-11-10-24-17/h4-9,12,22H,2-3,10-11H2,1H3,(H,21,23). The number of hydrogen-bond donors (Lipinski definition) is 2. The lowest BCUT2D eigenvalue weighted by atomic mass is 10.1. The Balaban J connectivity index is 1.55. The quantitative estimate of drug-likeness (QED) is 0.648. The van der Waals surface area contributed by atoms with Crippen LogP contribution in [-0.4, -0.2) is 29.9 Å². The van der Waals surface area contributed by atoms with Gasteiger partial charge in [0.15, 0.2) is 11.5 Å². The number of nitrogens with zero attached hydrogens (tertiary/aromatic N) is 1. The SMILES string of the molecule is CC(CCc1ccc(O)cc1)=NNC(=O)c1ccc2c(c1)OCCO2. The van der Waals surface area contributed by atoms with Crippen LogP contribution in [0.25, 0.3) is 0 Å². The molecule has 2 aromatic rings. The Morgan fingerprint density at radius 2 is 1.84 bits per heavy atom. The summed E-state index contributed by atoms with van der Waals surface area (Å²) in [5.74, 6) is 1.19. The number of aryl methyl sites for hydroxylation is 1. The van der Waals surface area contributed by atoms with Crippen molar-refractivity contribution in [2.24, 2.45) is 5.10 Å². The minimum atomic E-state index is -0.291. The lowest BCUT2D eigenvalue weighted by molar-refractivity contribution is 0.0953. The first kappa shape index (κ1) is 16.8. The predicted octanol–water partition coefficient (Wildman–Crippen LogP) is 2.90. The lowest BCUT2D eigenvalue weighted by Gasteiger charge is -2.18. The Labute approximate surface area is 146 Å². The van der Waals surface area contributed by atoms with Crippen LogP contribution < -0.4 is 14.9 Å². The van der Waals surface area contributed by atoms with Gasteiger partial charge in [0.05, 0.1) is 0 Å². The molecule has 0 saturated heterocycles. The zero-order valence-electron chi connectivity index (χ0n) is 14.0. The van der Waals surface area contributed by atoms with Gasteiger partial charge in [-0.3, -0.25) is 4.79 Å². The molecule has 0 aromatic heterocycles. The summed E-state index contributed by atoms with van der Waals surface area (Å²) in [4.78, 5) is 12.2. The van der Waals surface area contributed by atoms with E-state index in [1.807, 2.05) is 19.1 Å². The second-order valence-corrected chi connectivity index (χ2v) is 5.81. The molecule has 130 valence electrons. The molecular weight excluding hydrogens is 320 g/mol. The van der Waals surface area contributed by atoms with Gasteiger partial charge in [0.1, 0.15) is 19.0 Å². The van der Waals surface area contributed by atoms with Gasteiger partial charge in [0.2, 0.25) is 0 Å². The predicted molar refractivity (Wildman–Crippen MR) is 94.4 cm³/mol. The Hall–Kier alpha value is -3.02. The molecule has 1 heterocycles. The number of ether oxygens (including phenoxy) is 2. The van der Waals surface area contributed by atoms with Crippen LogP contribution in [0.3, 0.4) is 0 Å². The van der Waals surface area contributed by atoms with Gasteiger partial charge in [-0.2, -0.15) is 5.10 Å². The van der Waals surface area contributed by atoms with Crippen molar-refractivity contribution in [1.82, 2.24) is 5.43 Å². The molecule has 1 aliphatic heterocycles. The van der Waals surface area contributed by atoms with Gasteiger partial charge in [0, 0.05) is 11.3 Å². The fourth-order valence-corrected chi connectivity index (χ4v) is 2.44. The van der Waals surface area contributed by atoms with E-state index >= 15 is 0 Å². The van der Waals surface area contributed by atoms with E-state index in [4.69, 9.17) is 9.47 Å². The van der Waals surface area contributed by atoms with Crippen molar-refractivity contribution in [3.05, 3.63) is 53.6 Å². The number of benzene rings is 2. The molecule has 2 N–H and O–H groups in total. The number of amides is 1. The molecule has 0 atom stereocenters. The molecule has 6 nitrogen and oxygen atoms in total. The summed E-state index contributed by atoms with van der Waals surface area (Å²) in [5, 5.41) is 13.4. The fraction of sp³-hybridized carbons (Fsp3) is 0.263. The second-order valence-electron chi connectivity index (χ2n) is 5.81. The van der Waals surface area contributed by atoms with Gasteiger partial charge in [-0.05, 0) is 55.7 Å². The highest BCUT2D eigenvalue weighted by Crippen LogP contribution is 2.30. The van der Waals surface area contributed by atoms with Gasteiger partial charge >= 0.3 is 0 Å². The summed E-state index contributed by atoms with van der Waals surface area (Å²) in [5.41, 5.74) is 4.96. The minimum absolute atomic E-state index is 0.251. The number of aromatic hydroxyl groups is 1. The third-order valence-electron chi connectivity index (χ3n) is 3.86. The van der Waals surface area contributed by atoms with Gasteiger partial charge < -0.3 is 14.6 Å². The van der Waals surface area contributed by atoms with Crippen molar-refractivity contribution in [2.75, 3.05) is 13.2 Å². The zero-order chi connectivity index (χ0) is 17.6. The molecule has 0 aliphatic carbocycles. The number of carbonyl (C=O) groups is 1. The summed E-state index contributed by atoms with van der Waals surface area (Å²) in [6.45, 7) is 2.86. The van der Waals surface area contributed by atoms with Crippen molar-refractivity contribution in [3.63, 3.8) is 0 Å². The van der Waals surface area contributed by atoms with Crippen molar-refractivity contribution in [2.45, 2.75) is 19.8 Å². The summed E-state index contributed by atoms with van der Waals surface area (Å²) >= 11 is 0. The van der Waals surface area contributed by atoms with E-state index in [1.165, 1.54) is 0 Å². The summed E-state index contributed by atoms with van der Waals surface area (Å²) < 4.78 is 10.9. The van der Waals surface area contributed by atoms with Crippen LogP contribution in [0, 0.1) is 0 Å². The van der Waals surface area contributed by atoms with Crippen molar-refractivity contribution in [3.8, 4) is 17.2 Å². The van der Waals surface area contributed by atoms with E-state index < -0.39 is 0 Å². The van der Waals surface area contributed by atoms with Gasteiger partial charge in [0.25, 0.3) is 5.91 Å². The number of rotatable bonds is 5. The molecule has 25 heavy (non-hydrogen) atoms. The fourth-order valence-electron chi connectivity index (χ4n) is 2.44. The maximum atomic E-state index is 12.2. The summed E-state index contributed by atoms with van der Waals surface area (Å²) in [6.07, 6.45) is 1.50. The monoisotopic (exact) mass is 340 g/mol. The normalized spacial score (nSPS) is 13.4. The third-order valence-corrected chi connectivity index (χ3v) is 3.86. The largest absolute Gasteiger partial charge is 0.508 e. The lowest BCUT2D eigenvalue weighted by Crippen LogP contribution is -2.20. The minimum Gasteiger partial charge on any atom is -0.508 e. The number of carbonyl (C=O) groups excluding carboxylic acids is 1. The van der Waals surface area contributed by atoms with Crippen LogP contribution in [0.4, 0.5) is 0 Å². The highest BCUT2D eigenvalue weighted by atomic mass is 16.6. The highest BCUT2D eigenvalue weighted by Gasteiger charge is 2.14. The molecule has 0 unspecified atom stereocenters. The number of hydrogen-bond acceptors (Lipinski definition) is 5. The summed E-state index contributed by atoms with van der Waals surface area (Å²) in [6, 6.07) is 12.1. The molecule has 0 spiro atoms. The van der Waals surface area contributed by atoms with Crippen molar-refractivity contribution in [1.29, 1.82) is 0 Å². The number of fused-ring (bicyclic) bond motifs is 1. The van der Waals surface area contributed by atoms with E-state index in [2.05, 4.69) is 10.5 Å². The average Bonchev–Trinajstić information content (AvgIpc) is 2.65. The van der Waals surface area contributed by atoms with Crippen LogP contribution in [0.15, 0.2) is 47.6 Å². The highest BCUT2D eigenvalue weighted by molar-refractivity contribution is 5.95. The van der Waals surface area contributed by atoms with Crippen LogP contribution in [0.5, 0.6) is 17.2 Å². The Morgan fingerprint density at radius 1 is 1.12 bits per heavy atom. The van der Waals surface area contributed by atoms with E-state index in [0.717, 1.165) is 17.7 Å². The second kappa shape index (κ2) is 7.70. The number of nitrogens with one attached hydrogen (secondary N) is 1. The number of phenols is 1. The average molecular weight is 340 g/mol. The molecule has 6 heteroatoms. The molecule has 0 bridgehead atoms. The first-order chi connectivity index (χ1) is 12.1. The van der Waals surface area contributed by atoms with Crippen molar-refractivity contribution < 1.29 is 19.4 Å². The summed E-state index contributed by atoms with van der Waals surface area (Å²) in [7, 11) is 0. The Kier molecular flexibility index (Phi) is 5.18. The van der Waals surface area contributed by atoms with Crippen LogP contribution >= 0.6 is 0 Å². The van der Waals surface area contributed by atoms with Gasteiger partial charge in [-0.15, -0.1) is 0 Å². The third kappa shape index (κ3) is 4.50.